The van der Waals surface area contributed by atoms with E-state index in [0.29, 0.717) is 24.5 Å². The minimum Gasteiger partial charge on any atom is -0.384 e. The van der Waals surface area contributed by atoms with E-state index in [1.165, 1.54) is 16.5 Å². The quantitative estimate of drug-likeness (QED) is 0.698. The van der Waals surface area contributed by atoms with Crippen LogP contribution in [0.1, 0.15) is 44.7 Å². The summed E-state index contributed by atoms with van der Waals surface area (Å²) in [5.74, 6) is 0.211. The maximum absolute atomic E-state index is 13.4. The molecule has 0 saturated carbocycles. The van der Waals surface area contributed by atoms with Crippen LogP contribution in [0.25, 0.3) is 10.8 Å². The van der Waals surface area contributed by atoms with Gasteiger partial charge in [-0.1, -0.05) is 30.3 Å². The van der Waals surface area contributed by atoms with E-state index in [0.717, 1.165) is 36.6 Å². The van der Waals surface area contributed by atoms with Crippen LogP contribution in [-0.2, 0) is 12.8 Å². The van der Waals surface area contributed by atoms with Crippen LogP contribution < -0.4 is 5.73 Å². The summed E-state index contributed by atoms with van der Waals surface area (Å²) in [6, 6.07) is 13.6. The van der Waals surface area contributed by atoms with Crippen molar-refractivity contribution in [3.8, 4) is 0 Å². The first-order valence-corrected chi connectivity index (χ1v) is 10.2. The van der Waals surface area contributed by atoms with Gasteiger partial charge in [0, 0.05) is 36.3 Å². The molecule has 1 aromatic heterocycles. The molecule has 2 aromatic carbocycles. The number of anilines is 1. The van der Waals surface area contributed by atoms with E-state index in [-0.39, 0.29) is 17.6 Å². The Morgan fingerprint density at radius 3 is 2.72 bits per heavy atom. The molecule has 2 N–H and O–H groups in total. The van der Waals surface area contributed by atoms with Crippen molar-refractivity contribution in [1.82, 2.24) is 9.88 Å². The van der Waals surface area contributed by atoms with Gasteiger partial charge in [-0.15, -0.1) is 0 Å². The van der Waals surface area contributed by atoms with Crippen molar-refractivity contribution < 1.29 is 9.59 Å². The molecular formula is C24H23N3O2. The Morgan fingerprint density at radius 2 is 1.90 bits per heavy atom. The number of rotatable bonds is 3. The molecule has 1 aliphatic heterocycles. The standard InChI is InChI=1S/C24H23N3O2/c25-21-13-17(10-11-26-21)24(29)27-12-2-4-18(14-27)23(28)20-9-8-16-7-6-15-3-1-5-19(20)22(15)16/h1,3,5,8-11,13,18H,2,4,6-7,12,14H2,(H2,25,26). The van der Waals surface area contributed by atoms with E-state index in [9.17, 15) is 9.59 Å². The minimum atomic E-state index is -0.176. The SMILES string of the molecule is Nc1cc(C(=O)N2CCCC(C(=O)c3ccc4c5c(cccc35)CC4)C2)ccn1. The van der Waals surface area contributed by atoms with Crippen LogP contribution in [0, 0.1) is 5.92 Å². The van der Waals surface area contributed by atoms with Crippen molar-refractivity contribution in [2.45, 2.75) is 25.7 Å². The van der Waals surface area contributed by atoms with E-state index in [2.05, 4.69) is 23.2 Å². The molecular weight excluding hydrogens is 362 g/mol. The van der Waals surface area contributed by atoms with Crippen molar-refractivity contribution in [3.63, 3.8) is 0 Å². The molecule has 0 bridgehead atoms. The zero-order chi connectivity index (χ0) is 20.0. The van der Waals surface area contributed by atoms with Gasteiger partial charge in [-0.2, -0.15) is 0 Å². The number of Topliss-reactive ketones (excluding diaryl/α,β-unsaturated/α-hetero) is 1. The number of likely N-dealkylation sites (tertiary alicyclic amines) is 1. The number of aromatic nitrogens is 1. The summed E-state index contributed by atoms with van der Waals surface area (Å²) < 4.78 is 0. The van der Waals surface area contributed by atoms with Gasteiger partial charge in [0.25, 0.3) is 5.91 Å². The van der Waals surface area contributed by atoms with Crippen LogP contribution >= 0.6 is 0 Å². The number of nitrogens with two attached hydrogens (primary N) is 1. The second kappa shape index (κ2) is 6.99. The highest BCUT2D eigenvalue weighted by Gasteiger charge is 2.31. The minimum absolute atomic E-state index is 0.0861. The lowest BCUT2D eigenvalue weighted by Crippen LogP contribution is -2.42. The monoisotopic (exact) mass is 385 g/mol. The van der Waals surface area contributed by atoms with Crippen molar-refractivity contribution >= 4 is 28.3 Å². The molecule has 3 aromatic rings. The predicted molar refractivity (Wildman–Crippen MR) is 113 cm³/mol. The zero-order valence-corrected chi connectivity index (χ0v) is 16.2. The van der Waals surface area contributed by atoms with Crippen LogP contribution in [-0.4, -0.2) is 34.7 Å². The molecule has 0 spiro atoms. The van der Waals surface area contributed by atoms with Crippen molar-refractivity contribution in [2.75, 3.05) is 18.8 Å². The van der Waals surface area contributed by atoms with Gasteiger partial charge in [0.2, 0.25) is 0 Å². The average Bonchev–Trinajstić information content (AvgIpc) is 3.18. The number of carbonyl (C=O) groups excluding carboxylic acids is 2. The van der Waals surface area contributed by atoms with Gasteiger partial charge < -0.3 is 10.6 Å². The summed E-state index contributed by atoms with van der Waals surface area (Å²) in [5, 5.41) is 2.32. The van der Waals surface area contributed by atoms with E-state index in [1.54, 1.807) is 23.2 Å². The van der Waals surface area contributed by atoms with Gasteiger partial charge in [0.1, 0.15) is 5.82 Å². The molecule has 1 fully saturated rings. The summed E-state index contributed by atoms with van der Waals surface area (Å²) in [4.78, 5) is 32.1. The Labute approximate surface area is 169 Å². The number of nitrogen functional groups attached to an aromatic ring is 1. The highest BCUT2D eigenvalue weighted by atomic mass is 16.2. The summed E-state index contributed by atoms with van der Waals surface area (Å²) in [6.07, 6.45) is 5.27. The first-order valence-electron chi connectivity index (χ1n) is 10.2. The summed E-state index contributed by atoms with van der Waals surface area (Å²) in [7, 11) is 0. The number of hydrogen-bond donors (Lipinski definition) is 1. The van der Waals surface area contributed by atoms with Gasteiger partial charge in [0.15, 0.2) is 5.78 Å². The summed E-state index contributed by atoms with van der Waals surface area (Å²) in [5.41, 5.74) is 9.71. The number of pyridine rings is 1. The molecule has 1 unspecified atom stereocenters. The number of ketones is 1. The molecule has 0 radical (unpaired) electrons. The topological polar surface area (TPSA) is 76.3 Å². The fourth-order valence-electron chi connectivity index (χ4n) is 4.82. The van der Waals surface area contributed by atoms with Crippen LogP contribution in [0.5, 0.6) is 0 Å². The molecule has 1 aliphatic carbocycles. The normalized spacial score (nSPS) is 18.2. The van der Waals surface area contributed by atoms with Crippen molar-refractivity contribution in [3.05, 3.63) is 70.9 Å². The van der Waals surface area contributed by atoms with E-state index in [1.807, 2.05) is 12.1 Å². The molecule has 146 valence electrons. The Hall–Kier alpha value is -3.21. The lowest BCUT2D eigenvalue weighted by Gasteiger charge is -2.32. The Balaban J connectivity index is 1.42. The zero-order valence-electron chi connectivity index (χ0n) is 16.2. The molecule has 1 amide bonds. The summed E-state index contributed by atoms with van der Waals surface area (Å²) >= 11 is 0. The number of amides is 1. The molecule has 1 saturated heterocycles. The fourth-order valence-corrected chi connectivity index (χ4v) is 4.82. The largest absolute Gasteiger partial charge is 0.384 e. The molecule has 5 rings (SSSR count). The number of aryl methyl sites for hydroxylation is 2. The van der Waals surface area contributed by atoms with Gasteiger partial charge in [0.05, 0.1) is 0 Å². The lowest BCUT2D eigenvalue weighted by molar-refractivity contribution is 0.0637. The van der Waals surface area contributed by atoms with Crippen LogP contribution in [0.3, 0.4) is 0 Å². The predicted octanol–water partition coefficient (Wildman–Crippen LogP) is 3.65. The van der Waals surface area contributed by atoms with Gasteiger partial charge in [-0.05, 0) is 59.7 Å². The van der Waals surface area contributed by atoms with Crippen molar-refractivity contribution in [2.24, 2.45) is 5.92 Å². The third-order valence-corrected chi connectivity index (χ3v) is 6.25. The van der Waals surface area contributed by atoms with E-state index < -0.39 is 0 Å². The number of benzene rings is 2. The van der Waals surface area contributed by atoms with Gasteiger partial charge >= 0.3 is 0 Å². The Kier molecular flexibility index (Phi) is 4.31. The third kappa shape index (κ3) is 3.07. The van der Waals surface area contributed by atoms with E-state index >= 15 is 0 Å². The third-order valence-electron chi connectivity index (χ3n) is 6.25. The number of nitrogens with zero attached hydrogens (tertiary/aromatic N) is 2. The highest BCUT2D eigenvalue weighted by molar-refractivity contribution is 6.11. The number of hydrogen-bond acceptors (Lipinski definition) is 4. The van der Waals surface area contributed by atoms with Crippen LogP contribution in [0.15, 0.2) is 48.7 Å². The first kappa shape index (κ1) is 17.9. The van der Waals surface area contributed by atoms with Crippen LogP contribution in [0.2, 0.25) is 0 Å². The van der Waals surface area contributed by atoms with Gasteiger partial charge in [-0.3, -0.25) is 9.59 Å². The average molecular weight is 385 g/mol. The Morgan fingerprint density at radius 1 is 1.07 bits per heavy atom. The van der Waals surface area contributed by atoms with E-state index in [4.69, 9.17) is 5.73 Å². The maximum Gasteiger partial charge on any atom is 0.254 e. The molecule has 1 atom stereocenters. The molecule has 2 aliphatic rings. The number of carbonyl (C=O) groups is 2. The Bertz CT molecular complexity index is 1130. The maximum atomic E-state index is 13.4. The lowest BCUT2D eigenvalue weighted by atomic mass is 9.87. The smallest absolute Gasteiger partial charge is 0.254 e. The van der Waals surface area contributed by atoms with Crippen molar-refractivity contribution in [1.29, 1.82) is 0 Å². The first-order chi connectivity index (χ1) is 14.1. The molecule has 2 heterocycles. The fraction of sp³-hybridized carbons (Fsp3) is 0.292. The molecule has 29 heavy (non-hydrogen) atoms. The summed E-state index contributed by atoms with van der Waals surface area (Å²) in [6.45, 7) is 1.11. The second-order valence-corrected chi connectivity index (χ2v) is 8.04. The van der Waals surface area contributed by atoms with Gasteiger partial charge in [-0.25, -0.2) is 4.98 Å². The molecule has 5 nitrogen and oxygen atoms in total. The number of piperidine rings is 1. The second-order valence-electron chi connectivity index (χ2n) is 8.04. The van der Waals surface area contributed by atoms with Crippen LogP contribution in [0.4, 0.5) is 5.82 Å². The highest BCUT2D eigenvalue weighted by Crippen LogP contribution is 2.34. The molecule has 5 heteroatoms.